The Bertz CT molecular complexity index is 578. The lowest BCUT2D eigenvalue weighted by Gasteiger charge is -2.08. The molecule has 1 heterocycles. The highest BCUT2D eigenvalue weighted by Crippen LogP contribution is 2.15. The average molecular weight is 274 g/mol. The van der Waals surface area contributed by atoms with E-state index in [0.29, 0.717) is 17.4 Å². The molecule has 5 heteroatoms. The molecule has 0 fully saturated rings. The van der Waals surface area contributed by atoms with Crippen LogP contribution in [-0.2, 0) is 6.54 Å². The molecule has 0 amide bonds. The standard InChI is InChI=1S/C14H12ClN3O/c15-14-5-4-12(10-18-14)17-9-11-2-1-3-13(8-11)19-7-6-16/h1-5,8,10,17H,7,9H2. The van der Waals surface area contributed by atoms with Crippen LogP contribution in [0.15, 0.2) is 42.6 Å². The monoisotopic (exact) mass is 273 g/mol. The van der Waals surface area contributed by atoms with Crippen LogP contribution in [-0.4, -0.2) is 11.6 Å². The molecule has 96 valence electrons. The van der Waals surface area contributed by atoms with Crippen molar-refractivity contribution in [3.8, 4) is 11.8 Å². The Morgan fingerprint density at radius 1 is 1.32 bits per heavy atom. The van der Waals surface area contributed by atoms with Gasteiger partial charge in [0.05, 0.1) is 11.9 Å². The van der Waals surface area contributed by atoms with Crippen LogP contribution >= 0.6 is 11.6 Å². The lowest BCUT2D eigenvalue weighted by Crippen LogP contribution is -2.00. The van der Waals surface area contributed by atoms with Crippen molar-refractivity contribution in [3.63, 3.8) is 0 Å². The molecular formula is C14H12ClN3O. The number of nitriles is 1. The molecule has 0 spiro atoms. The Morgan fingerprint density at radius 2 is 2.21 bits per heavy atom. The van der Waals surface area contributed by atoms with E-state index in [0.717, 1.165) is 11.3 Å². The Morgan fingerprint density at radius 3 is 2.95 bits per heavy atom. The highest BCUT2D eigenvalue weighted by atomic mass is 35.5. The minimum absolute atomic E-state index is 0.0536. The molecule has 0 saturated heterocycles. The fourth-order valence-corrected chi connectivity index (χ4v) is 1.66. The maximum Gasteiger partial charge on any atom is 0.174 e. The number of anilines is 1. The molecule has 0 unspecified atom stereocenters. The van der Waals surface area contributed by atoms with Crippen LogP contribution < -0.4 is 10.1 Å². The number of halogens is 1. The summed E-state index contributed by atoms with van der Waals surface area (Å²) < 4.78 is 5.24. The topological polar surface area (TPSA) is 57.9 Å². The molecule has 0 atom stereocenters. The SMILES string of the molecule is N#CCOc1cccc(CNc2ccc(Cl)nc2)c1. The van der Waals surface area contributed by atoms with Gasteiger partial charge in [0.1, 0.15) is 17.0 Å². The largest absolute Gasteiger partial charge is 0.479 e. The van der Waals surface area contributed by atoms with E-state index in [1.54, 1.807) is 12.3 Å². The molecule has 0 aliphatic heterocycles. The Hall–Kier alpha value is -2.25. The number of pyridine rings is 1. The zero-order valence-corrected chi connectivity index (χ0v) is 10.9. The van der Waals surface area contributed by atoms with E-state index in [1.807, 2.05) is 36.4 Å². The first-order valence-electron chi connectivity index (χ1n) is 5.72. The summed E-state index contributed by atoms with van der Waals surface area (Å²) in [5.41, 5.74) is 1.96. The van der Waals surface area contributed by atoms with Crippen LogP contribution in [0.2, 0.25) is 5.15 Å². The van der Waals surface area contributed by atoms with Crippen LogP contribution in [0.5, 0.6) is 5.75 Å². The van der Waals surface area contributed by atoms with E-state index >= 15 is 0 Å². The van der Waals surface area contributed by atoms with Crippen molar-refractivity contribution in [2.24, 2.45) is 0 Å². The summed E-state index contributed by atoms with van der Waals surface area (Å²) >= 11 is 5.72. The van der Waals surface area contributed by atoms with Crippen LogP contribution in [0, 0.1) is 11.3 Å². The summed E-state index contributed by atoms with van der Waals surface area (Å²) in [5, 5.41) is 12.2. The zero-order chi connectivity index (χ0) is 13.5. The van der Waals surface area contributed by atoms with Gasteiger partial charge in [-0.2, -0.15) is 5.26 Å². The number of benzene rings is 1. The molecule has 1 aromatic heterocycles. The number of nitrogens with zero attached hydrogens (tertiary/aromatic N) is 2. The molecule has 4 nitrogen and oxygen atoms in total. The summed E-state index contributed by atoms with van der Waals surface area (Å²) in [4.78, 5) is 3.99. The molecule has 2 aromatic rings. The average Bonchev–Trinajstić information content (AvgIpc) is 2.45. The predicted octanol–water partition coefficient (Wildman–Crippen LogP) is 3.25. The van der Waals surface area contributed by atoms with Crippen molar-refractivity contribution in [2.75, 3.05) is 11.9 Å². The van der Waals surface area contributed by atoms with Gasteiger partial charge in [0.2, 0.25) is 0 Å². The molecule has 0 aliphatic rings. The van der Waals surface area contributed by atoms with Gasteiger partial charge in [0.15, 0.2) is 6.61 Å². The van der Waals surface area contributed by atoms with E-state index in [2.05, 4.69) is 10.3 Å². The van der Waals surface area contributed by atoms with Gasteiger partial charge in [-0.15, -0.1) is 0 Å². The van der Waals surface area contributed by atoms with Gasteiger partial charge in [0.25, 0.3) is 0 Å². The van der Waals surface area contributed by atoms with Crippen molar-refractivity contribution < 1.29 is 4.74 Å². The van der Waals surface area contributed by atoms with Crippen molar-refractivity contribution in [3.05, 3.63) is 53.3 Å². The molecule has 1 aromatic carbocycles. The smallest absolute Gasteiger partial charge is 0.174 e. The van der Waals surface area contributed by atoms with Crippen molar-refractivity contribution >= 4 is 17.3 Å². The second-order valence-electron chi connectivity index (χ2n) is 3.82. The summed E-state index contributed by atoms with van der Waals surface area (Å²) in [7, 11) is 0. The maximum atomic E-state index is 8.47. The van der Waals surface area contributed by atoms with E-state index in [9.17, 15) is 0 Å². The van der Waals surface area contributed by atoms with Crippen molar-refractivity contribution in [1.82, 2.24) is 4.98 Å². The van der Waals surface area contributed by atoms with E-state index in [1.165, 1.54) is 0 Å². The number of hydrogen-bond acceptors (Lipinski definition) is 4. The minimum atomic E-state index is 0.0536. The molecular weight excluding hydrogens is 262 g/mol. The first-order valence-corrected chi connectivity index (χ1v) is 6.10. The van der Waals surface area contributed by atoms with Gasteiger partial charge in [-0.3, -0.25) is 0 Å². The lowest BCUT2D eigenvalue weighted by molar-refractivity contribution is 0.368. The number of nitrogens with one attached hydrogen (secondary N) is 1. The van der Waals surface area contributed by atoms with Gasteiger partial charge >= 0.3 is 0 Å². The summed E-state index contributed by atoms with van der Waals surface area (Å²) in [6.07, 6.45) is 1.68. The lowest BCUT2D eigenvalue weighted by atomic mass is 10.2. The quantitative estimate of drug-likeness (QED) is 0.850. The minimum Gasteiger partial charge on any atom is -0.479 e. The molecule has 0 bridgehead atoms. The number of hydrogen-bond donors (Lipinski definition) is 1. The maximum absolute atomic E-state index is 8.47. The van der Waals surface area contributed by atoms with Gasteiger partial charge < -0.3 is 10.1 Å². The highest BCUT2D eigenvalue weighted by Gasteiger charge is 1.98. The van der Waals surface area contributed by atoms with E-state index in [4.69, 9.17) is 21.6 Å². The number of rotatable bonds is 5. The van der Waals surface area contributed by atoms with Crippen LogP contribution in [0.1, 0.15) is 5.56 Å². The van der Waals surface area contributed by atoms with Crippen LogP contribution in [0.3, 0.4) is 0 Å². The van der Waals surface area contributed by atoms with E-state index < -0.39 is 0 Å². The van der Waals surface area contributed by atoms with Crippen molar-refractivity contribution in [2.45, 2.75) is 6.54 Å². The Kier molecular flexibility index (Phi) is 4.60. The summed E-state index contributed by atoms with van der Waals surface area (Å²) in [6, 6.07) is 13.1. The first-order chi connectivity index (χ1) is 9.28. The molecule has 19 heavy (non-hydrogen) atoms. The summed E-state index contributed by atoms with van der Waals surface area (Å²) in [6.45, 7) is 0.699. The third-order valence-corrected chi connectivity index (χ3v) is 2.65. The van der Waals surface area contributed by atoms with Crippen LogP contribution in [0.25, 0.3) is 0 Å². The normalized spacial score (nSPS) is 9.68. The Balaban J connectivity index is 1.95. The second kappa shape index (κ2) is 6.62. The third-order valence-electron chi connectivity index (χ3n) is 2.43. The second-order valence-corrected chi connectivity index (χ2v) is 4.20. The molecule has 2 rings (SSSR count). The van der Waals surface area contributed by atoms with Crippen LogP contribution in [0.4, 0.5) is 5.69 Å². The fourth-order valence-electron chi connectivity index (χ4n) is 1.55. The van der Waals surface area contributed by atoms with Gasteiger partial charge in [0, 0.05) is 6.54 Å². The van der Waals surface area contributed by atoms with Gasteiger partial charge in [-0.1, -0.05) is 23.7 Å². The molecule has 0 radical (unpaired) electrons. The highest BCUT2D eigenvalue weighted by molar-refractivity contribution is 6.29. The molecule has 0 saturated carbocycles. The Labute approximate surface area is 116 Å². The van der Waals surface area contributed by atoms with Gasteiger partial charge in [-0.25, -0.2) is 4.98 Å². The van der Waals surface area contributed by atoms with Gasteiger partial charge in [-0.05, 0) is 29.8 Å². The van der Waals surface area contributed by atoms with Crippen molar-refractivity contribution in [1.29, 1.82) is 5.26 Å². The first kappa shape index (κ1) is 13.2. The zero-order valence-electron chi connectivity index (χ0n) is 10.1. The summed E-state index contributed by atoms with van der Waals surface area (Å²) in [5.74, 6) is 0.690. The molecule has 1 N–H and O–H groups in total. The third kappa shape index (κ3) is 4.16. The fraction of sp³-hybridized carbons (Fsp3) is 0.143. The number of ether oxygens (including phenoxy) is 1. The molecule has 0 aliphatic carbocycles. The predicted molar refractivity (Wildman–Crippen MR) is 74.1 cm³/mol. The van der Waals surface area contributed by atoms with E-state index in [-0.39, 0.29) is 6.61 Å². The number of aromatic nitrogens is 1.